The predicted octanol–water partition coefficient (Wildman–Crippen LogP) is 5.63. The third kappa shape index (κ3) is 3.37. The van der Waals surface area contributed by atoms with E-state index in [9.17, 15) is 4.79 Å². The Morgan fingerprint density at radius 2 is 1.81 bits per heavy atom. The first kappa shape index (κ1) is 17.8. The second-order valence-electron chi connectivity index (χ2n) is 5.70. The van der Waals surface area contributed by atoms with Gasteiger partial charge in [0.2, 0.25) is 0 Å². The van der Waals surface area contributed by atoms with Crippen LogP contribution in [0.3, 0.4) is 0 Å². The van der Waals surface area contributed by atoms with Crippen LogP contribution in [0.25, 0.3) is 16.6 Å². The second-order valence-corrected chi connectivity index (χ2v) is 6.95. The molecule has 27 heavy (non-hydrogen) atoms. The molecule has 0 saturated heterocycles. The zero-order chi connectivity index (χ0) is 19.0. The van der Waals surface area contributed by atoms with Gasteiger partial charge in [-0.25, -0.2) is 4.98 Å². The topological polar surface area (TPSA) is 59.8 Å². The van der Waals surface area contributed by atoms with Crippen molar-refractivity contribution in [3.8, 4) is 5.69 Å². The van der Waals surface area contributed by atoms with Crippen LogP contribution in [-0.4, -0.2) is 20.4 Å². The molecule has 2 aromatic carbocycles. The zero-order valence-corrected chi connectivity index (χ0v) is 15.9. The fourth-order valence-corrected chi connectivity index (χ4v) is 3.61. The van der Waals surface area contributed by atoms with Crippen LogP contribution in [0.4, 0.5) is 5.69 Å². The summed E-state index contributed by atoms with van der Waals surface area (Å²) in [4.78, 5) is 21.2. The number of nitrogens with one attached hydrogen (secondary N) is 1. The first-order valence-corrected chi connectivity index (χ1v) is 9.00. The number of imidazole rings is 1. The van der Waals surface area contributed by atoms with Crippen molar-refractivity contribution in [1.82, 2.24) is 14.5 Å². The average molecular weight is 418 g/mol. The van der Waals surface area contributed by atoms with E-state index in [1.165, 1.54) is 0 Å². The molecule has 0 aliphatic heterocycles. The molecule has 5 nitrogen and oxygen atoms in total. The van der Waals surface area contributed by atoms with Crippen molar-refractivity contribution < 1.29 is 4.79 Å². The Hall–Kier alpha value is -2.60. The van der Waals surface area contributed by atoms with Crippen molar-refractivity contribution in [3.05, 3.63) is 81.9 Å². The van der Waals surface area contributed by atoms with Crippen LogP contribution >= 0.6 is 34.8 Å². The zero-order valence-electron chi connectivity index (χ0n) is 13.7. The number of pyridine rings is 1. The Kier molecular flexibility index (Phi) is 4.74. The molecule has 2 aromatic heterocycles. The summed E-state index contributed by atoms with van der Waals surface area (Å²) in [6, 6.07) is 10.2. The summed E-state index contributed by atoms with van der Waals surface area (Å²) in [5.74, 6) is -0.441. The van der Waals surface area contributed by atoms with Gasteiger partial charge in [-0.1, -0.05) is 40.9 Å². The van der Waals surface area contributed by atoms with Gasteiger partial charge in [0.25, 0.3) is 5.91 Å². The third-order valence-electron chi connectivity index (χ3n) is 4.01. The molecule has 0 radical (unpaired) electrons. The van der Waals surface area contributed by atoms with E-state index >= 15 is 0 Å². The summed E-state index contributed by atoms with van der Waals surface area (Å²) in [6.45, 7) is 0. The van der Waals surface area contributed by atoms with Crippen molar-refractivity contribution in [2.24, 2.45) is 0 Å². The molecule has 134 valence electrons. The maximum atomic E-state index is 12.8. The van der Waals surface area contributed by atoms with Gasteiger partial charge in [0.1, 0.15) is 0 Å². The molecule has 0 atom stereocenters. The molecule has 0 fully saturated rings. The SMILES string of the molecule is O=C(Nc1cc(Cl)cc2c(-n3ccnc3)ccnc12)c1c(Cl)cccc1Cl. The molecular formula is C19H11Cl3N4O. The fraction of sp³-hybridized carbons (Fsp3) is 0. The Labute approximate surface area is 169 Å². The van der Waals surface area contributed by atoms with E-state index < -0.39 is 5.91 Å². The summed E-state index contributed by atoms with van der Waals surface area (Å²) in [5.41, 5.74) is 2.08. The minimum Gasteiger partial charge on any atom is -0.320 e. The number of hydrogen-bond acceptors (Lipinski definition) is 3. The van der Waals surface area contributed by atoms with Crippen LogP contribution in [0.5, 0.6) is 0 Å². The van der Waals surface area contributed by atoms with Crippen LogP contribution in [0, 0.1) is 0 Å². The van der Waals surface area contributed by atoms with Gasteiger partial charge in [-0.3, -0.25) is 9.78 Å². The molecule has 0 spiro atoms. The van der Waals surface area contributed by atoms with Gasteiger partial charge < -0.3 is 9.88 Å². The molecule has 1 amide bonds. The molecule has 0 aliphatic carbocycles. The normalized spacial score (nSPS) is 10.9. The van der Waals surface area contributed by atoms with E-state index in [2.05, 4.69) is 15.3 Å². The lowest BCUT2D eigenvalue weighted by Gasteiger charge is -2.13. The summed E-state index contributed by atoms with van der Waals surface area (Å²) >= 11 is 18.6. The van der Waals surface area contributed by atoms with Crippen LogP contribution in [-0.2, 0) is 0 Å². The number of aromatic nitrogens is 3. The molecule has 0 bridgehead atoms. The maximum absolute atomic E-state index is 12.8. The van der Waals surface area contributed by atoms with E-state index in [0.717, 1.165) is 11.1 Å². The highest BCUT2D eigenvalue weighted by molar-refractivity contribution is 6.40. The Bertz CT molecular complexity index is 1140. The van der Waals surface area contributed by atoms with Gasteiger partial charge in [0, 0.05) is 29.0 Å². The maximum Gasteiger partial charge on any atom is 0.258 e. The average Bonchev–Trinajstić information content (AvgIpc) is 3.15. The van der Waals surface area contributed by atoms with Crippen molar-refractivity contribution in [2.75, 3.05) is 5.32 Å². The standard InChI is InChI=1S/C19H11Cl3N4O/c20-11-8-12-16(26-7-6-23-10-26)4-5-24-18(12)15(9-11)25-19(27)17-13(21)2-1-3-14(17)22/h1-10H,(H,25,27). The van der Waals surface area contributed by atoms with Crippen LogP contribution < -0.4 is 5.32 Å². The van der Waals surface area contributed by atoms with E-state index in [1.807, 2.05) is 16.8 Å². The van der Waals surface area contributed by atoms with Crippen molar-refractivity contribution in [3.63, 3.8) is 0 Å². The third-order valence-corrected chi connectivity index (χ3v) is 4.86. The smallest absolute Gasteiger partial charge is 0.258 e. The molecule has 0 unspecified atom stereocenters. The lowest BCUT2D eigenvalue weighted by molar-refractivity contribution is 0.102. The highest BCUT2D eigenvalue weighted by atomic mass is 35.5. The quantitative estimate of drug-likeness (QED) is 0.470. The first-order chi connectivity index (χ1) is 13.0. The number of anilines is 1. The van der Waals surface area contributed by atoms with E-state index in [0.29, 0.717) is 16.2 Å². The van der Waals surface area contributed by atoms with Crippen LogP contribution in [0.2, 0.25) is 15.1 Å². The summed E-state index contributed by atoms with van der Waals surface area (Å²) in [7, 11) is 0. The lowest BCUT2D eigenvalue weighted by Crippen LogP contribution is -2.14. The van der Waals surface area contributed by atoms with Crippen LogP contribution in [0.1, 0.15) is 10.4 Å². The van der Waals surface area contributed by atoms with E-state index in [1.54, 1.807) is 49.1 Å². The number of hydrogen-bond donors (Lipinski definition) is 1. The van der Waals surface area contributed by atoms with Crippen LogP contribution in [0.15, 0.2) is 61.3 Å². The number of amides is 1. The number of benzene rings is 2. The van der Waals surface area contributed by atoms with Gasteiger partial charge in [0.15, 0.2) is 0 Å². The van der Waals surface area contributed by atoms with Gasteiger partial charge >= 0.3 is 0 Å². The van der Waals surface area contributed by atoms with Gasteiger partial charge in [0.05, 0.1) is 38.8 Å². The molecule has 8 heteroatoms. The Morgan fingerprint density at radius 1 is 1.04 bits per heavy atom. The number of halogens is 3. The fourth-order valence-electron chi connectivity index (χ4n) is 2.83. The molecule has 2 heterocycles. The van der Waals surface area contributed by atoms with Gasteiger partial charge in [-0.15, -0.1) is 0 Å². The summed E-state index contributed by atoms with van der Waals surface area (Å²) < 4.78 is 1.84. The number of carbonyl (C=O) groups excluding carboxylic acids is 1. The largest absolute Gasteiger partial charge is 0.320 e. The monoisotopic (exact) mass is 416 g/mol. The first-order valence-electron chi connectivity index (χ1n) is 7.86. The molecule has 1 N–H and O–H groups in total. The predicted molar refractivity (Wildman–Crippen MR) is 108 cm³/mol. The highest BCUT2D eigenvalue weighted by Gasteiger charge is 2.17. The highest BCUT2D eigenvalue weighted by Crippen LogP contribution is 2.32. The van der Waals surface area contributed by atoms with E-state index in [4.69, 9.17) is 34.8 Å². The van der Waals surface area contributed by atoms with Gasteiger partial charge in [-0.05, 0) is 30.3 Å². The Balaban J connectivity index is 1.83. The minimum atomic E-state index is -0.441. The van der Waals surface area contributed by atoms with Crippen molar-refractivity contribution in [1.29, 1.82) is 0 Å². The molecule has 0 aliphatic rings. The minimum absolute atomic E-state index is 0.194. The number of carbonyl (C=O) groups is 1. The van der Waals surface area contributed by atoms with Crippen molar-refractivity contribution in [2.45, 2.75) is 0 Å². The van der Waals surface area contributed by atoms with Gasteiger partial charge in [-0.2, -0.15) is 0 Å². The second kappa shape index (κ2) is 7.19. The molecular weight excluding hydrogens is 407 g/mol. The molecule has 0 saturated carbocycles. The van der Waals surface area contributed by atoms with E-state index in [-0.39, 0.29) is 15.6 Å². The Morgan fingerprint density at radius 3 is 2.52 bits per heavy atom. The molecule has 4 rings (SSSR count). The molecule has 4 aromatic rings. The summed E-state index contributed by atoms with van der Waals surface area (Å²) in [5, 5.41) is 4.56. The number of rotatable bonds is 3. The number of fused-ring (bicyclic) bond motifs is 1. The summed E-state index contributed by atoms with van der Waals surface area (Å²) in [6.07, 6.45) is 6.83. The number of nitrogens with zero attached hydrogens (tertiary/aromatic N) is 3. The lowest BCUT2D eigenvalue weighted by atomic mass is 10.1. The van der Waals surface area contributed by atoms with Crippen molar-refractivity contribution >= 4 is 57.3 Å².